The summed E-state index contributed by atoms with van der Waals surface area (Å²) in [6, 6.07) is 4.36. The fraction of sp³-hybridized carbons (Fsp3) is 0.600. The molecule has 3 rings (SSSR count). The number of ether oxygens (including phenoxy) is 2. The standard InChI is InChI=1S/C15H21N3O5S/c16-24(21)12-1-2-13(14(9-12)18(19)20)17-10-11-3-5-15(6-4-11)22-7-8-23-15/h1-2,9,11,17H,3-8,10,16H2. The summed E-state index contributed by atoms with van der Waals surface area (Å²) in [6.07, 6.45) is 3.61. The van der Waals surface area contributed by atoms with E-state index in [9.17, 15) is 14.3 Å². The topological polar surface area (TPSA) is 117 Å². The minimum Gasteiger partial charge on any atom is -0.379 e. The van der Waals surface area contributed by atoms with Gasteiger partial charge in [-0.3, -0.25) is 10.1 Å². The zero-order valence-electron chi connectivity index (χ0n) is 13.2. The highest BCUT2D eigenvalue weighted by Crippen LogP contribution is 2.38. The molecule has 1 heterocycles. The van der Waals surface area contributed by atoms with Crippen LogP contribution in [0.3, 0.4) is 0 Å². The van der Waals surface area contributed by atoms with Crippen LogP contribution in [0.2, 0.25) is 0 Å². The Hall–Kier alpha value is -1.55. The summed E-state index contributed by atoms with van der Waals surface area (Å²) in [5.41, 5.74) is 0.309. The molecule has 3 N–H and O–H groups in total. The van der Waals surface area contributed by atoms with E-state index >= 15 is 0 Å². The Balaban J connectivity index is 1.60. The Labute approximate surface area is 142 Å². The van der Waals surface area contributed by atoms with E-state index in [0.29, 0.717) is 31.4 Å². The van der Waals surface area contributed by atoms with Crippen molar-refractivity contribution in [3.8, 4) is 0 Å². The summed E-state index contributed by atoms with van der Waals surface area (Å²) >= 11 is 0. The normalized spacial score (nSPS) is 21.7. The Morgan fingerprint density at radius 2 is 2.00 bits per heavy atom. The Kier molecular flexibility index (Phi) is 5.14. The van der Waals surface area contributed by atoms with Gasteiger partial charge in [0.05, 0.1) is 23.0 Å². The van der Waals surface area contributed by atoms with Gasteiger partial charge in [0.15, 0.2) is 5.79 Å². The maximum Gasteiger partial charge on any atom is 0.293 e. The van der Waals surface area contributed by atoms with Crippen LogP contribution in [-0.2, 0) is 20.5 Å². The molecule has 0 radical (unpaired) electrons. The summed E-state index contributed by atoms with van der Waals surface area (Å²) < 4.78 is 22.7. The van der Waals surface area contributed by atoms with E-state index in [4.69, 9.17) is 14.6 Å². The SMILES string of the molecule is NS(=O)c1ccc(NCC2CCC3(CC2)OCCO3)c([N+](=O)[O-])c1. The van der Waals surface area contributed by atoms with Crippen molar-refractivity contribution < 1.29 is 18.6 Å². The molecule has 1 saturated heterocycles. The number of rotatable bonds is 5. The lowest BCUT2D eigenvalue weighted by atomic mass is 9.85. The highest BCUT2D eigenvalue weighted by Gasteiger charge is 2.40. The van der Waals surface area contributed by atoms with Crippen LogP contribution in [0.15, 0.2) is 23.1 Å². The van der Waals surface area contributed by atoms with Crippen molar-refractivity contribution in [3.63, 3.8) is 0 Å². The summed E-state index contributed by atoms with van der Waals surface area (Å²) in [5, 5.41) is 19.6. The van der Waals surface area contributed by atoms with E-state index in [1.165, 1.54) is 6.07 Å². The van der Waals surface area contributed by atoms with Gasteiger partial charge in [-0.2, -0.15) is 0 Å². The number of nitro groups is 1. The van der Waals surface area contributed by atoms with E-state index < -0.39 is 21.7 Å². The van der Waals surface area contributed by atoms with Crippen LogP contribution in [0.5, 0.6) is 0 Å². The largest absolute Gasteiger partial charge is 0.379 e. The van der Waals surface area contributed by atoms with Crippen LogP contribution in [0, 0.1) is 16.0 Å². The molecular weight excluding hydrogens is 334 g/mol. The van der Waals surface area contributed by atoms with Crippen molar-refractivity contribution in [1.29, 1.82) is 0 Å². The second-order valence-electron chi connectivity index (χ2n) is 6.17. The van der Waals surface area contributed by atoms with Crippen molar-refractivity contribution in [2.45, 2.75) is 36.4 Å². The summed E-state index contributed by atoms with van der Waals surface area (Å²) in [5.74, 6) is 0.0151. The molecule has 24 heavy (non-hydrogen) atoms. The van der Waals surface area contributed by atoms with Crippen molar-refractivity contribution in [3.05, 3.63) is 28.3 Å². The van der Waals surface area contributed by atoms with Crippen molar-refractivity contribution in [2.75, 3.05) is 25.1 Å². The fourth-order valence-corrected chi connectivity index (χ4v) is 3.73. The molecule has 0 bridgehead atoms. The molecule has 1 aromatic rings. The number of hydrogen-bond donors (Lipinski definition) is 2. The lowest BCUT2D eigenvalue weighted by Gasteiger charge is -2.35. The molecule has 0 amide bonds. The Morgan fingerprint density at radius 1 is 1.33 bits per heavy atom. The average Bonchev–Trinajstić information content (AvgIpc) is 3.02. The third-order valence-electron chi connectivity index (χ3n) is 4.66. The predicted octanol–water partition coefficient (Wildman–Crippen LogP) is 1.92. The maximum absolute atomic E-state index is 11.3. The third-order valence-corrected chi connectivity index (χ3v) is 5.38. The first kappa shape index (κ1) is 17.3. The van der Waals surface area contributed by atoms with E-state index in [1.54, 1.807) is 12.1 Å². The molecule has 1 saturated carbocycles. The number of nitrogens with two attached hydrogens (primary N) is 1. The first-order valence-corrected chi connectivity index (χ1v) is 9.17. The lowest BCUT2D eigenvalue weighted by Crippen LogP contribution is -2.36. The molecule has 2 fully saturated rings. The zero-order valence-corrected chi connectivity index (χ0v) is 14.0. The second-order valence-corrected chi connectivity index (χ2v) is 7.23. The van der Waals surface area contributed by atoms with Crippen LogP contribution >= 0.6 is 0 Å². The van der Waals surface area contributed by atoms with E-state index in [-0.39, 0.29) is 10.6 Å². The Bertz CT molecular complexity index is 638. The van der Waals surface area contributed by atoms with Crippen molar-refractivity contribution >= 4 is 22.4 Å². The molecule has 9 heteroatoms. The van der Waals surface area contributed by atoms with Gasteiger partial charge in [-0.25, -0.2) is 9.35 Å². The quantitative estimate of drug-likeness (QED) is 0.615. The van der Waals surface area contributed by atoms with Gasteiger partial charge in [0.25, 0.3) is 5.69 Å². The molecule has 132 valence electrons. The maximum atomic E-state index is 11.3. The lowest BCUT2D eigenvalue weighted by molar-refractivity contribution is -0.384. The minimum absolute atomic E-state index is 0.110. The number of nitrogens with zero attached hydrogens (tertiary/aromatic N) is 1. The van der Waals surface area contributed by atoms with E-state index in [0.717, 1.165) is 25.7 Å². The van der Waals surface area contributed by atoms with Crippen LogP contribution in [0.1, 0.15) is 25.7 Å². The van der Waals surface area contributed by atoms with Gasteiger partial charge in [-0.1, -0.05) is 0 Å². The molecule has 1 aromatic carbocycles. The molecule has 2 aliphatic rings. The Morgan fingerprint density at radius 3 is 2.58 bits per heavy atom. The van der Waals surface area contributed by atoms with Gasteiger partial charge in [-0.15, -0.1) is 0 Å². The molecular formula is C15H21N3O5S. The van der Waals surface area contributed by atoms with Crippen LogP contribution in [0.4, 0.5) is 11.4 Å². The monoisotopic (exact) mass is 355 g/mol. The van der Waals surface area contributed by atoms with Crippen LogP contribution < -0.4 is 10.5 Å². The fourth-order valence-electron chi connectivity index (χ4n) is 3.30. The molecule has 1 spiro atoms. The van der Waals surface area contributed by atoms with Crippen LogP contribution in [-0.4, -0.2) is 34.7 Å². The minimum atomic E-state index is -1.74. The molecule has 8 nitrogen and oxygen atoms in total. The van der Waals surface area contributed by atoms with E-state index in [1.807, 2.05) is 0 Å². The third kappa shape index (κ3) is 3.75. The summed E-state index contributed by atoms with van der Waals surface area (Å²) in [4.78, 5) is 11.0. The number of benzene rings is 1. The molecule has 1 aliphatic carbocycles. The summed E-state index contributed by atoms with van der Waals surface area (Å²) in [7, 11) is -1.74. The van der Waals surface area contributed by atoms with Gasteiger partial charge >= 0.3 is 0 Å². The van der Waals surface area contributed by atoms with Gasteiger partial charge in [0.2, 0.25) is 0 Å². The van der Waals surface area contributed by atoms with Crippen molar-refractivity contribution in [1.82, 2.24) is 0 Å². The first-order valence-electron chi connectivity index (χ1n) is 7.95. The molecule has 1 aliphatic heterocycles. The van der Waals surface area contributed by atoms with Gasteiger partial charge in [-0.05, 0) is 30.9 Å². The number of nitrogens with one attached hydrogen (secondary N) is 1. The zero-order chi connectivity index (χ0) is 17.2. The number of hydrogen-bond acceptors (Lipinski definition) is 6. The summed E-state index contributed by atoms with van der Waals surface area (Å²) in [6.45, 7) is 1.95. The van der Waals surface area contributed by atoms with Crippen molar-refractivity contribution in [2.24, 2.45) is 11.1 Å². The van der Waals surface area contributed by atoms with Crippen LogP contribution in [0.25, 0.3) is 0 Å². The molecule has 1 atom stereocenters. The predicted molar refractivity (Wildman–Crippen MR) is 88.8 cm³/mol. The first-order chi connectivity index (χ1) is 11.5. The number of anilines is 1. The van der Waals surface area contributed by atoms with Gasteiger partial charge in [0.1, 0.15) is 16.7 Å². The molecule has 1 unspecified atom stereocenters. The highest BCUT2D eigenvalue weighted by atomic mass is 32.2. The van der Waals surface area contributed by atoms with Gasteiger partial charge in [0, 0.05) is 25.5 Å². The molecule has 0 aromatic heterocycles. The smallest absolute Gasteiger partial charge is 0.293 e. The average molecular weight is 355 g/mol. The van der Waals surface area contributed by atoms with E-state index in [2.05, 4.69) is 5.32 Å². The second kappa shape index (κ2) is 7.14. The highest BCUT2D eigenvalue weighted by molar-refractivity contribution is 7.82. The number of nitro benzene ring substituents is 1. The van der Waals surface area contributed by atoms with Gasteiger partial charge < -0.3 is 14.8 Å².